The van der Waals surface area contributed by atoms with Crippen LogP contribution < -0.4 is 5.73 Å². The van der Waals surface area contributed by atoms with E-state index in [0.717, 1.165) is 18.4 Å². The Morgan fingerprint density at radius 3 is 2.41 bits per heavy atom. The van der Waals surface area contributed by atoms with E-state index in [1.807, 2.05) is 37.3 Å². The lowest BCUT2D eigenvalue weighted by Crippen LogP contribution is -2.54. The largest absolute Gasteiger partial charge is 0.449 e. The van der Waals surface area contributed by atoms with Crippen LogP contribution in [0.15, 0.2) is 30.3 Å². The van der Waals surface area contributed by atoms with Gasteiger partial charge in [-0.25, -0.2) is 4.79 Å². The van der Waals surface area contributed by atoms with Crippen LogP contribution in [0, 0.1) is 0 Å². The maximum atomic E-state index is 12.5. The van der Waals surface area contributed by atoms with Crippen molar-refractivity contribution in [3.05, 3.63) is 35.9 Å². The molecule has 1 aliphatic heterocycles. The molecule has 0 spiro atoms. The van der Waals surface area contributed by atoms with Crippen LogP contribution in [0.25, 0.3) is 0 Å². The molecule has 1 aromatic rings. The number of piperazine rings is 1. The summed E-state index contributed by atoms with van der Waals surface area (Å²) in [5.74, 6) is -0.0858. The van der Waals surface area contributed by atoms with Crippen LogP contribution in [-0.2, 0) is 20.9 Å². The number of benzene rings is 1. The maximum Gasteiger partial charge on any atom is 0.409 e. The molecule has 2 amide bonds. The number of ether oxygens (including phenoxy) is 2. The normalized spacial score (nSPS) is 15.5. The van der Waals surface area contributed by atoms with E-state index in [1.54, 1.807) is 9.80 Å². The van der Waals surface area contributed by atoms with Gasteiger partial charge in [-0.1, -0.05) is 43.7 Å². The van der Waals surface area contributed by atoms with Crippen molar-refractivity contribution in [1.82, 2.24) is 9.80 Å². The van der Waals surface area contributed by atoms with Gasteiger partial charge in [0.1, 0.15) is 0 Å². The van der Waals surface area contributed by atoms with Crippen molar-refractivity contribution < 1.29 is 19.1 Å². The fourth-order valence-corrected chi connectivity index (χ4v) is 2.84. The van der Waals surface area contributed by atoms with Gasteiger partial charge in [0.25, 0.3) is 0 Å². The molecule has 0 saturated carbocycles. The van der Waals surface area contributed by atoms with Crippen molar-refractivity contribution in [3.8, 4) is 0 Å². The zero-order chi connectivity index (χ0) is 19.5. The van der Waals surface area contributed by atoms with E-state index in [-0.39, 0.29) is 12.0 Å². The van der Waals surface area contributed by atoms with E-state index < -0.39 is 6.04 Å². The second kappa shape index (κ2) is 11.6. The van der Waals surface area contributed by atoms with Crippen LogP contribution in [0.1, 0.15) is 31.7 Å². The first kappa shape index (κ1) is 21.2. The summed E-state index contributed by atoms with van der Waals surface area (Å²) < 4.78 is 10.8. The summed E-state index contributed by atoms with van der Waals surface area (Å²) in [5, 5.41) is 0. The third-order valence-electron chi connectivity index (χ3n) is 4.57. The maximum absolute atomic E-state index is 12.5. The van der Waals surface area contributed by atoms with Gasteiger partial charge in [-0.2, -0.15) is 0 Å². The zero-order valence-electron chi connectivity index (χ0n) is 16.1. The molecule has 0 unspecified atom stereocenters. The summed E-state index contributed by atoms with van der Waals surface area (Å²) in [6, 6.07) is 9.31. The van der Waals surface area contributed by atoms with Crippen molar-refractivity contribution >= 4 is 12.0 Å². The van der Waals surface area contributed by atoms with E-state index in [0.29, 0.717) is 52.4 Å². The van der Waals surface area contributed by atoms with Gasteiger partial charge in [0.15, 0.2) is 0 Å². The molecule has 1 atom stereocenters. The first-order chi connectivity index (χ1) is 13.1. The number of unbranched alkanes of at least 4 members (excludes halogenated alkanes) is 1. The van der Waals surface area contributed by atoms with Crippen molar-refractivity contribution in [1.29, 1.82) is 0 Å². The first-order valence-corrected chi connectivity index (χ1v) is 9.69. The Labute approximate surface area is 161 Å². The second-order valence-corrected chi connectivity index (χ2v) is 6.71. The smallest absolute Gasteiger partial charge is 0.409 e. The van der Waals surface area contributed by atoms with Gasteiger partial charge in [-0.05, 0) is 18.4 Å². The third kappa shape index (κ3) is 7.19. The Morgan fingerprint density at radius 2 is 1.74 bits per heavy atom. The van der Waals surface area contributed by atoms with Crippen LogP contribution in [-0.4, -0.2) is 67.2 Å². The second-order valence-electron chi connectivity index (χ2n) is 6.71. The topological polar surface area (TPSA) is 85.1 Å². The molecule has 2 rings (SSSR count). The average Bonchev–Trinajstić information content (AvgIpc) is 2.71. The SMILES string of the molecule is CCCCOC(=O)N1CCN(C(=O)[C@@H](N)CCOCc2ccccc2)CC1. The van der Waals surface area contributed by atoms with E-state index >= 15 is 0 Å². The van der Waals surface area contributed by atoms with Crippen LogP contribution in [0.3, 0.4) is 0 Å². The van der Waals surface area contributed by atoms with Gasteiger partial charge in [0, 0.05) is 32.8 Å². The molecular weight excluding hydrogens is 346 g/mol. The highest BCUT2D eigenvalue weighted by Crippen LogP contribution is 2.08. The molecule has 7 nitrogen and oxygen atoms in total. The van der Waals surface area contributed by atoms with Gasteiger partial charge >= 0.3 is 6.09 Å². The van der Waals surface area contributed by atoms with Gasteiger partial charge in [0.2, 0.25) is 5.91 Å². The highest BCUT2D eigenvalue weighted by Gasteiger charge is 2.27. The Kier molecular flexibility index (Phi) is 9.07. The molecule has 1 heterocycles. The van der Waals surface area contributed by atoms with Crippen LogP contribution in [0.5, 0.6) is 0 Å². The van der Waals surface area contributed by atoms with Gasteiger partial charge in [-0.3, -0.25) is 4.79 Å². The van der Waals surface area contributed by atoms with E-state index in [2.05, 4.69) is 0 Å². The predicted octanol–water partition coefficient (Wildman–Crippen LogP) is 2.00. The lowest BCUT2D eigenvalue weighted by atomic mass is 10.2. The molecule has 0 aromatic heterocycles. The monoisotopic (exact) mass is 377 g/mol. The van der Waals surface area contributed by atoms with Crippen molar-refractivity contribution in [2.45, 2.75) is 38.8 Å². The van der Waals surface area contributed by atoms with Crippen molar-refractivity contribution in [2.75, 3.05) is 39.4 Å². The fourth-order valence-electron chi connectivity index (χ4n) is 2.84. The molecule has 0 bridgehead atoms. The molecule has 0 radical (unpaired) electrons. The Morgan fingerprint density at radius 1 is 1.07 bits per heavy atom. The number of hydrogen-bond donors (Lipinski definition) is 1. The van der Waals surface area contributed by atoms with Crippen LogP contribution in [0.2, 0.25) is 0 Å². The van der Waals surface area contributed by atoms with Crippen molar-refractivity contribution in [2.24, 2.45) is 5.73 Å². The molecular formula is C20H31N3O4. The van der Waals surface area contributed by atoms with Crippen LogP contribution in [0.4, 0.5) is 4.79 Å². The zero-order valence-corrected chi connectivity index (χ0v) is 16.1. The Balaban J connectivity index is 1.63. The minimum absolute atomic E-state index is 0.0858. The Bertz CT molecular complexity index is 574. The fraction of sp³-hybridized carbons (Fsp3) is 0.600. The number of rotatable bonds is 9. The standard InChI is InChI=1S/C20H31N3O4/c1-2-3-14-27-20(25)23-12-10-22(11-13-23)19(24)18(21)9-15-26-16-17-7-5-4-6-8-17/h4-8,18H,2-3,9-16,21H2,1H3/t18-/m0/s1. The highest BCUT2D eigenvalue weighted by molar-refractivity contribution is 5.82. The van der Waals surface area contributed by atoms with E-state index in [4.69, 9.17) is 15.2 Å². The molecule has 1 saturated heterocycles. The van der Waals surface area contributed by atoms with Crippen LogP contribution >= 0.6 is 0 Å². The summed E-state index contributed by atoms with van der Waals surface area (Å²) in [7, 11) is 0. The number of nitrogens with two attached hydrogens (primary N) is 1. The molecule has 1 fully saturated rings. The van der Waals surface area contributed by atoms with Gasteiger partial charge in [0.05, 0.1) is 19.3 Å². The third-order valence-corrected chi connectivity index (χ3v) is 4.57. The lowest BCUT2D eigenvalue weighted by molar-refractivity contribution is -0.134. The first-order valence-electron chi connectivity index (χ1n) is 9.69. The lowest BCUT2D eigenvalue weighted by Gasteiger charge is -2.35. The average molecular weight is 377 g/mol. The quantitative estimate of drug-likeness (QED) is 0.666. The van der Waals surface area contributed by atoms with Crippen molar-refractivity contribution in [3.63, 3.8) is 0 Å². The Hall–Kier alpha value is -2.12. The number of carbonyl (C=O) groups is 2. The number of amides is 2. The highest BCUT2D eigenvalue weighted by atomic mass is 16.6. The molecule has 1 aliphatic rings. The minimum Gasteiger partial charge on any atom is -0.449 e. The summed E-state index contributed by atoms with van der Waals surface area (Å²) in [5.41, 5.74) is 7.12. The molecule has 1 aromatic carbocycles. The summed E-state index contributed by atoms with van der Waals surface area (Å²) >= 11 is 0. The predicted molar refractivity (Wildman–Crippen MR) is 103 cm³/mol. The number of hydrogen-bond acceptors (Lipinski definition) is 5. The molecule has 0 aliphatic carbocycles. The summed E-state index contributed by atoms with van der Waals surface area (Å²) in [6.07, 6.45) is 2.04. The van der Waals surface area contributed by atoms with Gasteiger partial charge < -0.3 is 25.0 Å². The molecule has 27 heavy (non-hydrogen) atoms. The summed E-state index contributed by atoms with van der Waals surface area (Å²) in [4.78, 5) is 27.8. The van der Waals surface area contributed by atoms with E-state index in [9.17, 15) is 9.59 Å². The number of nitrogens with zero attached hydrogens (tertiary/aromatic N) is 2. The minimum atomic E-state index is -0.580. The molecule has 2 N–H and O–H groups in total. The molecule has 150 valence electrons. The summed E-state index contributed by atoms with van der Waals surface area (Å²) in [6.45, 7) is 5.38. The van der Waals surface area contributed by atoms with Gasteiger partial charge in [-0.15, -0.1) is 0 Å². The van der Waals surface area contributed by atoms with E-state index in [1.165, 1.54) is 0 Å². The molecule has 7 heteroatoms. The number of carbonyl (C=O) groups excluding carboxylic acids is 2.